The molecule has 0 radical (unpaired) electrons. The molecule has 20 heavy (non-hydrogen) atoms. The molecule has 1 saturated carbocycles. The van der Waals surface area contributed by atoms with Crippen molar-refractivity contribution in [2.24, 2.45) is 5.92 Å². The lowest BCUT2D eigenvalue weighted by molar-refractivity contribution is -0.144. The zero-order valence-corrected chi connectivity index (χ0v) is 12.9. The number of hydrogen-bond acceptors (Lipinski definition) is 2. The van der Waals surface area contributed by atoms with Crippen LogP contribution in [0.1, 0.15) is 65.7 Å². The van der Waals surface area contributed by atoms with Gasteiger partial charge in [0.05, 0.1) is 0 Å². The summed E-state index contributed by atoms with van der Waals surface area (Å²) in [6.45, 7) is 5.72. The zero-order valence-electron chi connectivity index (χ0n) is 12.9. The molecule has 116 valence electrons. The number of rotatable bonds is 9. The maximum Gasteiger partial charge on any atom is 0.329 e. The van der Waals surface area contributed by atoms with E-state index in [4.69, 9.17) is 0 Å². The van der Waals surface area contributed by atoms with Gasteiger partial charge in [0.25, 0.3) is 0 Å². The molecule has 1 rings (SSSR count). The molecule has 0 aromatic rings. The van der Waals surface area contributed by atoms with Gasteiger partial charge in [-0.1, -0.05) is 32.6 Å². The Morgan fingerprint density at radius 1 is 1.30 bits per heavy atom. The predicted molar refractivity (Wildman–Crippen MR) is 78.7 cm³/mol. The summed E-state index contributed by atoms with van der Waals surface area (Å²) in [5, 5.41) is 14.8. The largest absolute Gasteiger partial charge is 0.480 e. The van der Waals surface area contributed by atoms with E-state index in [9.17, 15) is 14.7 Å². The summed E-state index contributed by atoms with van der Waals surface area (Å²) in [6.07, 6.45) is 7.36. The summed E-state index contributed by atoms with van der Waals surface area (Å²) in [5.74, 6) is -0.892. The topological polar surface area (TPSA) is 78.4 Å². The minimum Gasteiger partial charge on any atom is -0.480 e. The van der Waals surface area contributed by atoms with E-state index in [1.165, 1.54) is 19.3 Å². The van der Waals surface area contributed by atoms with Crippen LogP contribution in [0.3, 0.4) is 0 Å². The minimum atomic E-state index is -1.13. The molecule has 0 saturated heterocycles. The summed E-state index contributed by atoms with van der Waals surface area (Å²) in [6, 6.07) is -0.297. The van der Waals surface area contributed by atoms with Crippen molar-refractivity contribution in [3.05, 3.63) is 0 Å². The van der Waals surface area contributed by atoms with Crippen LogP contribution < -0.4 is 10.6 Å². The molecule has 1 aliphatic rings. The highest BCUT2D eigenvalue weighted by Crippen LogP contribution is 2.39. The molecule has 0 aromatic heterocycles. The Balaban J connectivity index is 2.32. The van der Waals surface area contributed by atoms with Crippen LogP contribution in [0.15, 0.2) is 0 Å². The van der Waals surface area contributed by atoms with E-state index < -0.39 is 11.5 Å². The van der Waals surface area contributed by atoms with Gasteiger partial charge >= 0.3 is 12.0 Å². The Labute approximate surface area is 121 Å². The van der Waals surface area contributed by atoms with Crippen molar-refractivity contribution < 1.29 is 14.7 Å². The van der Waals surface area contributed by atoms with Gasteiger partial charge in [-0.2, -0.15) is 0 Å². The summed E-state index contributed by atoms with van der Waals surface area (Å²) >= 11 is 0. The van der Waals surface area contributed by atoms with Gasteiger partial charge in [0.1, 0.15) is 5.54 Å². The van der Waals surface area contributed by atoms with Crippen LogP contribution in [0.2, 0.25) is 0 Å². The molecule has 1 aliphatic carbocycles. The Hall–Kier alpha value is -1.26. The van der Waals surface area contributed by atoms with Gasteiger partial charge in [-0.25, -0.2) is 9.59 Å². The van der Waals surface area contributed by atoms with Crippen molar-refractivity contribution in [1.29, 1.82) is 0 Å². The molecular weight excluding hydrogens is 256 g/mol. The number of carbonyl (C=O) groups is 2. The highest BCUT2D eigenvalue weighted by molar-refractivity contribution is 5.86. The molecule has 0 aliphatic heterocycles. The lowest BCUT2D eigenvalue weighted by Crippen LogP contribution is -2.57. The molecule has 0 heterocycles. The molecule has 5 heteroatoms. The molecule has 2 unspecified atom stereocenters. The monoisotopic (exact) mass is 284 g/mol. The SMILES string of the molecule is CCCCCCC(C)NC(=O)NC(C)(C(=O)O)C1CC1. The van der Waals surface area contributed by atoms with E-state index in [0.717, 1.165) is 25.7 Å². The normalized spacial score (nSPS) is 18.9. The number of urea groups is 1. The van der Waals surface area contributed by atoms with E-state index in [0.29, 0.717) is 0 Å². The molecule has 0 aromatic carbocycles. The maximum atomic E-state index is 11.9. The van der Waals surface area contributed by atoms with Gasteiger partial charge in [-0.05, 0) is 39.0 Å². The van der Waals surface area contributed by atoms with Crippen molar-refractivity contribution in [1.82, 2.24) is 10.6 Å². The van der Waals surface area contributed by atoms with Gasteiger partial charge in [-0.3, -0.25) is 0 Å². The van der Waals surface area contributed by atoms with E-state index >= 15 is 0 Å². The molecule has 2 atom stereocenters. The lowest BCUT2D eigenvalue weighted by Gasteiger charge is -2.27. The standard InChI is InChI=1S/C15H28N2O3/c1-4-5-6-7-8-11(2)16-14(20)17-15(3,13(18)19)12-9-10-12/h11-12H,4-10H2,1-3H3,(H,18,19)(H2,16,17,20). The van der Waals surface area contributed by atoms with E-state index in [1.54, 1.807) is 6.92 Å². The maximum absolute atomic E-state index is 11.9. The second-order valence-electron chi connectivity index (χ2n) is 6.13. The predicted octanol–water partition coefficient (Wildman–Crippen LogP) is 2.90. The first-order valence-corrected chi connectivity index (χ1v) is 7.72. The van der Waals surface area contributed by atoms with Crippen LogP contribution in [0, 0.1) is 5.92 Å². The molecule has 5 nitrogen and oxygen atoms in total. The lowest BCUT2D eigenvalue weighted by atomic mass is 9.96. The van der Waals surface area contributed by atoms with Gasteiger partial charge in [0.2, 0.25) is 0 Å². The smallest absolute Gasteiger partial charge is 0.329 e. The second kappa shape index (κ2) is 7.50. The van der Waals surface area contributed by atoms with Crippen molar-refractivity contribution in [2.45, 2.75) is 77.3 Å². The summed E-state index contributed by atoms with van der Waals surface area (Å²) in [4.78, 5) is 23.2. The molecule has 0 spiro atoms. The van der Waals surface area contributed by atoms with Crippen LogP contribution in [-0.4, -0.2) is 28.7 Å². The Bertz CT molecular complexity index is 342. The quantitative estimate of drug-likeness (QED) is 0.570. The molecule has 0 bridgehead atoms. The first-order chi connectivity index (χ1) is 9.40. The molecule has 2 amide bonds. The van der Waals surface area contributed by atoms with Crippen LogP contribution in [-0.2, 0) is 4.79 Å². The number of hydrogen-bond donors (Lipinski definition) is 3. The van der Waals surface area contributed by atoms with Gasteiger partial charge < -0.3 is 15.7 Å². The van der Waals surface area contributed by atoms with Crippen LogP contribution in [0.25, 0.3) is 0 Å². The number of unbranched alkanes of at least 4 members (excludes halogenated alkanes) is 3. The highest BCUT2D eigenvalue weighted by atomic mass is 16.4. The number of amides is 2. The third kappa shape index (κ3) is 5.02. The van der Waals surface area contributed by atoms with E-state index in [-0.39, 0.29) is 18.0 Å². The van der Waals surface area contributed by atoms with Crippen molar-refractivity contribution in [3.8, 4) is 0 Å². The van der Waals surface area contributed by atoms with Crippen LogP contribution in [0.5, 0.6) is 0 Å². The van der Waals surface area contributed by atoms with E-state index in [2.05, 4.69) is 17.6 Å². The fourth-order valence-electron chi connectivity index (χ4n) is 2.44. The Morgan fingerprint density at radius 2 is 1.95 bits per heavy atom. The first-order valence-electron chi connectivity index (χ1n) is 7.72. The van der Waals surface area contributed by atoms with Crippen LogP contribution >= 0.6 is 0 Å². The van der Waals surface area contributed by atoms with Crippen molar-refractivity contribution in [2.75, 3.05) is 0 Å². The minimum absolute atomic E-state index is 0.0608. The van der Waals surface area contributed by atoms with Crippen molar-refractivity contribution >= 4 is 12.0 Å². The number of carboxylic acids is 1. The highest BCUT2D eigenvalue weighted by Gasteiger charge is 2.48. The summed E-state index contributed by atoms with van der Waals surface area (Å²) < 4.78 is 0. The fraction of sp³-hybridized carbons (Fsp3) is 0.867. The Kier molecular flexibility index (Phi) is 6.30. The average Bonchev–Trinajstić information content (AvgIpc) is 3.18. The van der Waals surface area contributed by atoms with Crippen LogP contribution in [0.4, 0.5) is 4.79 Å². The average molecular weight is 284 g/mol. The number of nitrogens with one attached hydrogen (secondary N) is 2. The molecular formula is C15H28N2O3. The fourth-order valence-corrected chi connectivity index (χ4v) is 2.44. The van der Waals surface area contributed by atoms with Gasteiger partial charge in [0.15, 0.2) is 0 Å². The number of aliphatic carboxylic acids is 1. The summed E-state index contributed by atoms with van der Waals surface area (Å²) in [5.41, 5.74) is -1.13. The molecule has 1 fully saturated rings. The van der Waals surface area contributed by atoms with Crippen molar-refractivity contribution in [3.63, 3.8) is 0 Å². The first kappa shape index (κ1) is 16.8. The number of carbonyl (C=O) groups excluding carboxylic acids is 1. The van der Waals surface area contributed by atoms with E-state index in [1.807, 2.05) is 6.92 Å². The third-order valence-corrected chi connectivity index (χ3v) is 4.08. The number of carboxylic acid groups (broad SMARTS) is 1. The molecule has 3 N–H and O–H groups in total. The second-order valence-corrected chi connectivity index (χ2v) is 6.13. The van der Waals surface area contributed by atoms with Gasteiger partial charge in [0, 0.05) is 6.04 Å². The van der Waals surface area contributed by atoms with Gasteiger partial charge in [-0.15, -0.1) is 0 Å². The Morgan fingerprint density at radius 3 is 2.45 bits per heavy atom. The third-order valence-electron chi connectivity index (χ3n) is 4.08. The zero-order chi connectivity index (χ0) is 15.2. The summed E-state index contributed by atoms with van der Waals surface area (Å²) in [7, 11) is 0.